The van der Waals surface area contributed by atoms with Crippen LogP contribution in [0.25, 0.3) is 0 Å². The number of amides is 1. The molecule has 0 saturated heterocycles. The molecule has 8 heteroatoms. The minimum absolute atomic E-state index is 0.145. The largest absolute Gasteiger partial charge is 0.480 e. The van der Waals surface area contributed by atoms with Gasteiger partial charge in [-0.25, -0.2) is 9.18 Å². The fourth-order valence-corrected chi connectivity index (χ4v) is 1.78. The molecule has 0 aliphatic carbocycles. The molecule has 1 amide bonds. The normalized spacial score (nSPS) is 11.8. The first-order chi connectivity index (χ1) is 9.29. The zero-order chi connectivity index (χ0) is 15.4. The molecule has 1 aromatic carbocycles. The Balaban J connectivity index is 3.21. The molecule has 0 heterocycles. The summed E-state index contributed by atoms with van der Waals surface area (Å²) in [6.45, 7) is 1.57. The lowest BCUT2D eigenvalue weighted by atomic mass is 10.1. The lowest BCUT2D eigenvalue weighted by Crippen LogP contribution is -2.42. The first-order valence-electron chi connectivity index (χ1n) is 5.73. The quantitative estimate of drug-likeness (QED) is 0.654. The fourth-order valence-electron chi connectivity index (χ4n) is 1.78. The van der Waals surface area contributed by atoms with E-state index in [9.17, 15) is 24.1 Å². The van der Waals surface area contributed by atoms with Crippen molar-refractivity contribution in [3.05, 3.63) is 39.7 Å². The number of nitrogens with zero attached hydrogens (tertiary/aromatic N) is 2. The van der Waals surface area contributed by atoms with Crippen molar-refractivity contribution >= 4 is 17.6 Å². The maximum atomic E-state index is 13.0. The summed E-state index contributed by atoms with van der Waals surface area (Å²) in [5.41, 5.74) is -1.04. The van der Waals surface area contributed by atoms with Crippen molar-refractivity contribution in [1.29, 1.82) is 0 Å². The molecule has 108 valence electrons. The zero-order valence-electron chi connectivity index (χ0n) is 10.9. The molecule has 1 aromatic rings. The third kappa shape index (κ3) is 3.08. The third-order valence-electron chi connectivity index (χ3n) is 2.85. The summed E-state index contributed by atoms with van der Waals surface area (Å²) in [5, 5.41) is 19.8. The second-order valence-corrected chi connectivity index (χ2v) is 4.10. The van der Waals surface area contributed by atoms with E-state index in [0.29, 0.717) is 6.07 Å². The fraction of sp³-hybridized carbons (Fsp3) is 0.333. The molecular weight excluding hydrogens is 271 g/mol. The predicted molar refractivity (Wildman–Crippen MR) is 66.9 cm³/mol. The van der Waals surface area contributed by atoms with Gasteiger partial charge in [-0.1, -0.05) is 6.92 Å². The minimum atomic E-state index is -1.21. The van der Waals surface area contributed by atoms with Crippen LogP contribution in [0, 0.1) is 15.9 Å². The molecule has 0 radical (unpaired) electrons. The second kappa shape index (κ2) is 6.09. The van der Waals surface area contributed by atoms with E-state index in [1.54, 1.807) is 6.92 Å². The summed E-state index contributed by atoms with van der Waals surface area (Å²) in [7, 11) is 1.23. The van der Waals surface area contributed by atoms with Crippen LogP contribution >= 0.6 is 0 Å². The Hall–Kier alpha value is -2.51. The van der Waals surface area contributed by atoms with Gasteiger partial charge >= 0.3 is 5.97 Å². The Kier molecular flexibility index (Phi) is 4.73. The van der Waals surface area contributed by atoms with Crippen molar-refractivity contribution in [1.82, 2.24) is 4.90 Å². The molecule has 0 saturated carbocycles. The summed E-state index contributed by atoms with van der Waals surface area (Å²) < 4.78 is 13.0. The van der Waals surface area contributed by atoms with Gasteiger partial charge in [-0.3, -0.25) is 14.9 Å². The van der Waals surface area contributed by atoms with Gasteiger partial charge in [0.1, 0.15) is 17.4 Å². The molecule has 20 heavy (non-hydrogen) atoms. The molecule has 0 aliphatic rings. The molecule has 0 aliphatic heterocycles. The first-order valence-corrected chi connectivity index (χ1v) is 5.73. The number of rotatable bonds is 5. The number of benzene rings is 1. The number of nitro benzene ring substituents is 1. The number of nitro groups is 1. The number of halogens is 1. The van der Waals surface area contributed by atoms with E-state index in [1.165, 1.54) is 7.05 Å². The Morgan fingerprint density at radius 3 is 2.55 bits per heavy atom. The average molecular weight is 284 g/mol. The zero-order valence-corrected chi connectivity index (χ0v) is 10.9. The van der Waals surface area contributed by atoms with Crippen molar-refractivity contribution in [3.8, 4) is 0 Å². The molecule has 0 bridgehead atoms. The summed E-state index contributed by atoms with van der Waals surface area (Å²) >= 11 is 0. The Labute approximate surface area is 113 Å². The molecule has 0 spiro atoms. The second-order valence-electron chi connectivity index (χ2n) is 4.10. The van der Waals surface area contributed by atoms with Gasteiger partial charge in [-0.2, -0.15) is 0 Å². The van der Waals surface area contributed by atoms with Gasteiger partial charge in [0.2, 0.25) is 0 Å². The highest BCUT2D eigenvalue weighted by Gasteiger charge is 2.30. The lowest BCUT2D eigenvalue weighted by molar-refractivity contribution is -0.385. The molecule has 0 aromatic heterocycles. The summed E-state index contributed by atoms with van der Waals surface area (Å²) in [6.07, 6.45) is 0.145. The molecule has 7 nitrogen and oxygen atoms in total. The van der Waals surface area contributed by atoms with Gasteiger partial charge in [-0.15, -0.1) is 0 Å². The van der Waals surface area contributed by atoms with Gasteiger partial charge < -0.3 is 10.0 Å². The molecule has 1 atom stereocenters. The lowest BCUT2D eigenvalue weighted by Gasteiger charge is -2.23. The highest BCUT2D eigenvalue weighted by Crippen LogP contribution is 2.22. The van der Waals surface area contributed by atoms with Crippen LogP contribution in [-0.4, -0.2) is 39.9 Å². The van der Waals surface area contributed by atoms with Crippen molar-refractivity contribution in [2.45, 2.75) is 19.4 Å². The van der Waals surface area contributed by atoms with Crippen LogP contribution in [0.15, 0.2) is 18.2 Å². The number of hydrogen-bond acceptors (Lipinski definition) is 4. The van der Waals surface area contributed by atoms with E-state index in [1.807, 2.05) is 0 Å². The molecule has 1 N–H and O–H groups in total. The monoisotopic (exact) mass is 284 g/mol. The standard InChI is InChI=1S/C12H13FN2O5/c1-3-9(12(17)18)14(2)11(16)8-5-4-7(13)6-10(8)15(19)20/h4-6,9H,3H2,1-2H3,(H,17,18). The Morgan fingerprint density at radius 1 is 1.50 bits per heavy atom. The number of carbonyl (C=O) groups is 2. The third-order valence-corrected chi connectivity index (χ3v) is 2.85. The van der Waals surface area contributed by atoms with Gasteiger partial charge in [0.25, 0.3) is 11.6 Å². The maximum Gasteiger partial charge on any atom is 0.326 e. The highest BCUT2D eigenvalue weighted by molar-refractivity contribution is 5.99. The van der Waals surface area contributed by atoms with Crippen LogP contribution in [0.2, 0.25) is 0 Å². The number of likely N-dealkylation sites (N-methyl/N-ethyl adjacent to an activating group) is 1. The number of aliphatic carboxylic acids is 1. The van der Waals surface area contributed by atoms with E-state index in [4.69, 9.17) is 5.11 Å². The maximum absolute atomic E-state index is 13.0. The van der Waals surface area contributed by atoms with Crippen LogP contribution in [0.1, 0.15) is 23.7 Å². The van der Waals surface area contributed by atoms with E-state index in [2.05, 4.69) is 0 Å². The van der Waals surface area contributed by atoms with Crippen LogP contribution in [0.5, 0.6) is 0 Å². The average Bonchev–Trinajstić information content (AvgIpc) is 2.37. The van der Waals surface area contributed by atoms with E-state index >= 15 is 0 Å². The van der Waals surface area contributed by atoms with Gasteiger partial charge in [-0.05, 0) is 18.6 Å². The van der Waals surface area contributed by atoms with Crippen molar-refractivity contribution < 1.29 is 24.0 Å². The first kappa shape index (κ1) is 15.5. The molecule has 1 rings (SSSR count). The highest BCUT2D eigenvalue weighted by atomic mass is 19.1. The predicted octanol–water partition coefficient (Wildman–Crippen LogP) is 1.67. The summed E-state index contributed by atoms with van der Waals surface area (Å²) in [6, 6.07) is 1.41. The topological polar surface area (TPSA) is 101 Å². The van der Waals surface area contributed by atoms with Crippen molar-refractivity contribution in [2.75, 3.05) is 7.05 Å². The number of carboxylic acid groups (broad SMARTS) is 1. The molecular formula is C12H13FN2O5. The summed E-state index contributed by atoms with van der Waals surface area (Å²) in [5.74, 6) is -2.90. The summed E-state index contributed by atoms with van der Waals surface area (Å²) in [4.78, 5) is 33.9. The van der Waals surface area contributed by atoms with Gasteiger partial charge in [0.15, 0.2) is 0 Å². The minimum Gasteiger partial charge on any atom is -0.480 e. The van der Waals surface area contributed by atoms with Gasteiger partial charge in [0.05, 0.1) is 11.0 Å². The van der Waals surface area contributed by atoms with E-state index in [-0.39, 0.29) is 12.0 Å². The van der Waals surface area contributed by atoms with Gasteiger partial charge in [0, 0.05) is 7.05 Å². The smallest absolute Gasteiger partial charge is 0.326 e. The number of carbonyl (C=O) groups excluding carboxylic acids is 1. The van der Waals surface area contributed by atoms with Crippen molar-refractivity contribution in [3.63, 3.8) is 0 Å². The van der Waals surface area contributed by atoms with Crippen LogP contribution in [-0.2, 0) is 4.79 Å². The van der Waals surface area contributed by atoms with Crippen LogP contribution < -0.4 is 0 Å². The SMILES string of the molecule is CCC(C(=O)O)N(C)C(=O)c1ccc(F)cc1[N+](=O)[O-]. The Bertz CT molecular complexity index is 561. The van der Waals surface area contributed by atoms with Crippen LogP contribution in [0.4, 0.5) is 10.1 Å². The number of hydrogen-bond donors (Lipinski definition) is 1. The molecule has 1 unspecified atom stereocenters. The van der Waals surface area contributed by atoms with E-state index in [0.717, 1.165) is 17.0 Å². The van der Waals surface area contributed by atoms with E-state index < -0.39 is 34.3 Å². The Morgan fingerprint density at radius 2 is 2.10 bits per heavy atom. The number of carboxylic acids is 1. The van der Waals surface area contributed by atoms with Crippen molar-refractivity contribution in [2.24, 2.45) is 0 Å². The van der Waals surface area contributed by atoms with Crippen LogP contribution in [0.3, 0.4) is 0 Å². The molecule has 0 fully saturated rings.